The number of piperazine rings is 1. The Kier molecular flexibility index (Phi) is 2.92. The van der Waals surface area contributed by atoms with E-state index < -0.39 is 0 Å². The molecule has 0 bridgehead atoms. The van der Waals surface area contributed by atoms with Crippen LogP contribution in [-0.4, -0.2) is 74.4 Å². The lowest BCUT2D eigenvalue weighted by atomic mass is 9.83. The number of likely N-dealkylation sites (N-methyl/N-ethyl adjacent to an activating group) is 1. The van der Waals surface area contributed by atoms with Gasteiger partial charge < -0.3 is 15.0 Å². The van der Waals surface area contributed by atoms with Gasteiger partial charge >= 0.3 is 0 Å². The number of nitrogens with zero attached hydrogens (tertiary/aromatic N) is 2. The largest absolute Gasteiger partial charge is 0.378 e. The highest BCUT2D eigenvalue weighted by Crippen LogP contribution is 2.31. The van der Waals surface area contributed by atoms with Crippen molar-refractivity contribution < 1.29 is 4.74 Å². The van der Waals surface area contributed by atoms with Gasteiger partial charge in [0.2, 0.25) is 0 Å². The summed E-state index contributed by atoms with van der Waals surface area (Å²) in [6, 6.07) is 0.606. The van der Waals surface area contributed by atoms with E-state index in [4.69, 9.17) is 4.74 Å². The van der Waals surface area contributed by atoms with Crippen molar-refractivity contribution in [2.24, 2.45) is 0 Å². The van der Waals surface area contributed by atoms with Gasteiger partial charge in [-0.3, -0.25) is 4.90 Å². The zero-order valence-corrected chi connectivity index (χ0v) is 10.2. The summed E-state index contributed by atoms with van der Waals surface area (Å²) in [4.78, 5) is 5.23. The SMILES string of the molecule is CN1CCCC2(CNCC3COCCN32)C1. The molecule has 0 saturated carbocycles. The quantitative estimate of drug-likeness (QED) is 0.615. The van der Waals surface area contributed by atoms with Crippen LogP contribution >= 0.6 is 0 Å². The van der Waals surface area contributed by atoms with E-state index in [1.54, 1.807) is 0 Å². The maximum atomic E-state index is 5.60. The summed E-state index contributed by atoms with van der Waals surface area (Å²) in [5.41, 5.74) is 0.389. The minimum absolute atomic E-state index is 0.389. The normalized spacial score (nSPS) is 42.2. The number of rotatable bonds is 0. The molecule has 3 heterocycles. The third-order valence-electron chi connectivity index (χ3n) is 4.42. The first-order valence-corrected chi connectivity index (χ1v) is 6.54. The lowest BCUT2D eigenvalue weighted by Gasteiger charge is -2.56. The molecule has 3 rings (SSSR count). The molecular weight excluding hydrogens is 202 g/mol. The first kappa shape index (κ1) is 11.0. The minimum atomic E-state index is 0.389. The van der Waals surface area contributed by atoms with Crippen LogP contribution in [0.3, 0.4) is 0 Å². The van der Waals surface area contributed by atoms with Crippen molar-refractivity contribution >= 4 is 0 Å². The second kappa shape index (κ2) is 4.26. The zero-order valence-electron chi connectivity index (χ0n) is 10.2. The second-order valence-electron chi connectivity index (χ2n) is 5.62. The summed E-state index contributed by atoms with van der Waals surface area (Å²) < 4.78 is 5.60. The molecule has 0 amide bonds. The molecule has 3 saturated heterocycles. The third-order valence-corrected chi connectivity index (χ3v) is 4.42. The Balaban J connectivity index is 1.80. The van der Waals surface area contributed by atoms with Crippen molar-refractivity contribution in [3.8, 4) is 0 Å². The van der Waals surface area contributed by atoms with Gasteiger partial charge in [0.25, 0.3) is 0 Å². The van der Waals surface area contributed by atoms with E-state index in [0.717, 1.165) is 32.8 Å². The fraction of sp³-hybridized carbons (Fsp3) is 1.00. The Hall–Kier alpha value is -0.160. The highest BCUT2D eigenvalue weighted by Gasteiger charge is 2.46. The third kappa shape index (κ3) is 1.78. The predicted octanol–water partition coefficient (Wildman–Crippen LogP) is -0.245. The van der Waals surface area contributed by atoms with Crippen LogP contribution < -0.4 is 5.32 Å². The average molecular weight is 225 g/mol. The summed E-state index contributed by atoms with van der Waals surface area (Å²) in [6.07, 6.45) is 2.68. The van der Waals surface area contributed by atoms with E-state index in [1.807, 2.05) is 0 Å². The van der Waals surface area contributed by atoms with Crippen molar-refractivity contribution in [1.29, 1.82) is 0 Å². The van der Waals surface area contributed by atoms with Gasteiger partial charge in [0.05, 0.1) is 13.2 Å². The summed E-state index contributed by atoms with van der Waals surface area (Å²) in [5, 5.41) is 3.62. The molecular formula is C12H23N3O. The van der Waals surface area contributed by atoms with Crippen LogP contribution in [0.2, 0.25) is 0 Å². The van der Waals surface area contributed by atoms with Gasteiger partial charge in [-0.2, -0.15) is 0 Å². The lowest BCUT2D eigenvalue weighted by Crippen LogP contribution is -2.72. The topological polar surface area (TPSA) is 27.7 Å². The van der Waals surface area contributed by atoms with Crippen LogP contribution in [0.4, 0.5) is 0 Å². The van der Waals surface area contributed by atoms with Gasteiger partial charge in [0.15, 0.2) is 0 Å². The molecule has 0 aromatic rings. The number of nitrogens with one attached hydrogen (secondary N) is 1. The first-order valence-electron chi connectivity index (χ1n) is 6.54. The van der Waals surface area contributed by atoms with Gasteiger partial charge in [-0.05, 0) is 26.4 Å². The maximum absolute atomic E-state index is 5.60. The fourth-order valence-electron chi connectivity index (χ4n) is 3.74. The molecule has 2 unspecified atom stereocenters. The lowest BCUT2D eigenvalue weighted by molar-refractivity contribution is -0.101. The second-order valence-corrected chi connectivity index (χ2v) is 5.62. The number of ether oxygens (including phenoxy) is 1. The highest BCUT2D eigenvalue weighted by atomic mass is 16.5. The van der Waals surface area contributed by atoms with Gasteiger partial charge in [-0.25, -0.2) is 0 Å². The molecule has 3 aliphatic heterocycles. The van der Waals surface area contributed by atoms with Gasteiger partial charge in [-0.1, -0.05) is 0 Å². The molecule has 3 aliphatic rings. The Morgan fingerprint density at radius 1 is 1.38 bits per heavy atom. The van der Waals surface area contributed by atoms with Crippen LogP contribution in [0, 0.1) is 0 Å². The standard InChI is InChI=1S/C12H23N3O/c1-14-4-2-3-12(10-14)9-13-7-11-8-16-6-5-15(11)12/h11,13H,2-10H2,1H3. The summed E-state index contributed by atoms with van der Waals surface area (Å²) in [7, 11) is 2.25. The number of fused-ring (bicyclic) bond motifs is 2. The minimum Gasteiger partial charge on any atom is -0.378 e. The van der Waals surface area contributed by atoms with E-state index in [-0.39, 0.29) is 0 Å². The monoisotopic (exact) mass is 225 g/mol. The Morgan fingerprint density at radius 2 is 2.31 bits per heavy atom. The van der Waals surface area contributed by atoms with Crippen molar-refractivity contribution in [2.45, 2.75) is 24.4 Å². The summed E-state index contributed by atoms with van der Waals surface area (Å²) in [6.45, 7) is 7.70. The molecule has 4 nitrogen and oxygen atoms in total. The van der Waals surface area contributed by atoms with E-state index >= 15 is 0 Å². The smallest absolute Gasteiger partial charge is 0.0635 e. The molecule has 0 aliphatic carbocycles. The summed E-state index contributed by atoms with van der Waals surface area (Å²) in [5.74, 6) is 0. The molecule has 1 N–H and O–H groups in total. The Labute approximate surface area is 97.9 Å². The van der Waals surface area contributed by atoms with Crippen molar-refractivity contribution in [2.75, 3.05) is 53.0 Å². The van der Waals surface area contributed by atoms with Crippen LogP contribution in [-0.2, 0) is 4.74 Å². The van der Waals surface area contributed by atoms with E-state index in [0.29, 0.717) is 11.6 Å². The molecule has 16 heavy (non-hydrogen) atoms. The number of hydrogen-bond donors (Lipinski definition) is 1. The van der Waals surface area contributed by atoms with Crippen LogP contribution in [0.15, 0.2) is 0 Å². The predicted molar refractivity (Wildman–Crippen MR) is 63.6 cm³/mol. The summed E-state index contributed by atoms with van der Waals surface area (Å²) >= 11 is 0. The molecule has 0 radical (unpaired) electrons. The van der Waals surface area contributed by atoms with Crippen molar-refractivity contribution in [1.82, 2.24) is 15.1 Å². The van der Waals surface area contributed by atoms with Gasteiger partial charge in [0.1, 0.15) is 0 Å². The molecule has 3 fully saturated rings. The number of hydrogen-bond acceptors (Lipinski definition) is 4. The van der Waals surface area contributed by atoms with Crippen LogP contribution in [0.25, 0.3) is 0 Å². The highest BCUT2D eigenvalue weighted by molar-refractivity contribution is 5.04. The zero-order chi connectivity index (χ0) is 11.0. The molecule has 4 heteroatoms. The molecule has 2 atom stereocenters. The van der Waals surface area contributed by atoms with E-state index in [9.17, 15) is 0 Å². The fourth-order valence-corrected chi connectivity index (χ4v) is 3.74. The Bertz CT molecular complexity index is 255. The molecule has 0 aromatic heterocycles. The molecule has 0 aromatic carbocycles. The van der Waals surface area contributed by atoms with Gasteiger partial charge in [0, 0.05) is 37.8 Å². The van der Waals surface area contributed by atoms with Crippen molar-refractivity contribution in [3.63, 3.8) is 0 Å². The van der Waals surface area contributed by atoms with Gasteiger partial charge in [-0.15, -0.1) is 0 Å². The average Bonchev–Trinajstić information content (AvgIpc) is 2.30. The van der Waals surface area contributed by atoms with E-state index in [1.165, 1.54) is 25.9 Å². The van der Waals surface area contributed by atoms with E-state index in [2.05, 4.69) is 22.2 Å². The number of morpholine rings is 1. The molecule has 1 spiro atoms. The van der Waals surface area contributed by atoms with Crippen LogP contribution in [0.5, 0.6) is 0 Å². The molecule has 92 valence electrons. The number of likely N-dealkylation sites (tertiary alicyclic amines) is 1. The number of piperidine rings is 1. The van der Waals surface area contributed by atoms with Crippen molar-refractivity contribution in [3.05, 3.63) is 0 Å². The Morgan fingerprint density at radius 3 is 3.19 bits per heavy atom. The van der Waals surface area contributed by atoms with Crippen LogP contribution in [0.1, 0.15) is 12.8 Å². The first-order chi connectivity index (χ1) is 7.80. The maximum Gasteiger partial charge on any atom is 0.0635 e.